The molecule has 18 heavy (non-hydrogen) atoms. The molecular formula is C13H18FN3O. The largest absolute Gasteiger partial charge is 0.369 e. The normalized spacial score (nSPS) is 20.2. The summed E-state index contributed by atoms with van der Waals surface area (Å²) in [5.74, 6) is -0.603. The highest BCUT2D eigenvalue weighted by Crippen LogP contribution is 2.20. The number of carbonyl (C=O) groups is 1. The Labute approximate surface area is 106 Å². The molecule has 1 fully saturated rings. The third-order valence-electron chi connectivity index (χ3n) is 3.42. The van der Waals surface area contributed by atoms with Crippen LogP contribution in [0, 0.1) is 11.7 Å². The summed E-state index contributed by atoms with van der Waals surface area (Å²) in [7, 11) is 0. The minimum Gasteiger partial charge on any atom is -0.369 e. The van der Waals surface area contributed by atoms with E-state index in [1.165, 1.54) is 6.07 Å². The molecule has 1 aliphatic heterocycles. The smallest absolute Gasteiger partial charge is 0.221 e. The summed E-state index contributed by atoms with van der Waals surface area (Å²) in [5, 5.41) is 0. The van der Waals surface area contributed by atoms with Gasteiger partial charge >= 0.3 is 0 Å². The summed E-state index contributed by atoms with van der Waals surface area (Å²) in [6.45, 7) is 2.25. The number of carbonyl (C=O) groups excluding carboxylic acids is 1. The molecule has 0 saturated carbocycles. The Hall–Kier alpha value is -1.46. The third kappa shape index (κ3) is 2.86. The molecule has 4 nitrogen and oxygen atoms in total. The number of nitrogens with zero attached hydrogens (tertiary/aromatic N) is 1. The highest BCUT2D eigenvalue weighted by atomic mass is 19.1. The minimum atomic E-state index is -0.267. The van der Waals surface area contributed by atoms with Gasteiger partial charge in [-0.1, -0.05) is 12.1 Å². The number of likely N-dealkylation sites (tertiary alicyclic amines) is 1. The molecule has 1 unspecified atom stereocenters. The third-order valence-corrected chi connectivity index (χ3v) is 3.42. The Bertz CT molecular complexity index is 450. The van der Waals surface area contributed by atoms with Crippen molar-refractivity contribution in [2.75, 3.05) is 13.1 Å². The molecule has 0 spiro atoms. The maximum Gasteiger partial charge on any atom is 0.221 e. The molecule has 0 bridgehead atoms. The van der Waals surface area contributed by atoms with Crippen LogP contribution in [0.4, 0.5) is 4.39 Å². The summed E-state index contributed by atoms with van der Waals surface area (Å²) in [6, 6.07) is 5.06. The van der Waals surface area contributed by atoms with Crippen molar-refractivity contribution in [1.29, 1.82) is 0 Å². The summed E-state index contributed by atoms with van der Waals surface area (Å²) in [4.78, 5) is 13.1. The monoisotopic (exact) mass is 251 g/mol. The molecule has 0 radical (unpaired) electrons. The molecule has 1 aliphatic rings. The van der Waals surface area contributed by atoms with Crippen molar-refractivity contribution >= 4 is 5.91 Å². The van der Waals surface area contributed by atoms with Gasteiger partial charge in [0.15, 0.2) is 0 Å². The van der Waals surface area contributed by atoms with Crippen LogP contribution in [0.1, 0.15) is 17.5 Å². The molecule has 0 aromatic heterocycles. The maximum atomic E-state index is 13.8. The Morgan fingerprint density at radius 1 is 1.50 bits per heavy atom. The van der Waals surface area contributed by atoms with Gasteiger partial charge in [0, 0.05) is 25.2 Å². The lowest BCUT2D eigenvalue weighted by Crippen LogP contribution is -2.27. The number of primary amides is 1. The van der Waals surface area contributed by atoms with Crippen LogP contribution in [0.2, 0.25) is 0 Å². The van der Waals surface area contributed by atoms with Crippen LogP contribution in [0.15, 0.2) is 18.2 Å². The molecular weight excluding hydrogens is 233 g/mol. The van der Waals surface area contributed by atoms with Crippen LogP contribution in [-0.2, 0) is 17.9 Å². The lowest BCUT2D eigenvalue weighted by Gasteiger charge is -2.16. The fraction of sp³-hybridized carbons (Fsp3) is 0.462. The maximum absolute atomic E-state index is 13.8. The summed E-state index contributed by atoms with van der Waals surface area (Å²) in [6.07, 6.45) is 0.762. The first-order valence-corrected chi connectivity index (χ1v) is 6.09. The Balaban J connectivity index is 2.00. The van der Waals surface area contributed by atoms with Crippen LogP contribution >= 0.6 is 0 Å². The van der Waals surface area contributed by atoms with E-state index in [0.29, 0.717) is 25.2 Å². The van der Waals surface area contributed by atoms with E-state index in [1.54, 1.807) is 6.07 Å². The highest BCUT2D eigenvalue weighted by molar-refractivity contribution is 5.77. The van der Waals surface area contributed by atoms with Gasteiger partial charge in [0.25, 0.3) is 0 Å². The second-order valence-electron chi connectivity index (χ2n) is 4.75. The van der Waals surface area contributed by atoms with Crippen LogP contribution in [0.25, 0.3) is 0 Å². The summed E-state index contributed by atoms with van der Waals surface area (Å²) < 4.78 is 13.8. The van der Waals surface area contributed by atoms with Gasteiger partial charge in [0.05, 0.1) is 5.92 Å². The van der Waals surface area contributed by atoms with Crippen molar-refractivity contribution in [2.24, 2.45) is 17.4 Å². The highest BCUT2D eigenvalue weighted by Gasteiger charge is 2.26. The van der Waals surface area contributed by atoms with Crippen molar-refractivity contribution in [3.05, 3.63) is 35.1 Å². The fourth-order valence-electron chi connectivity index (χ4n) is 2.30. The van der Waals surface area contributed by atoms with E-state index in [2.05, 4.69) is 4.90 Å². The Kier molecular flexibility index (Phi) is 3.93. The zero-order valence-corrected chi connectivity index (χ0v) is 10.2. The zero-order valence-electron chi connectivity index (χ0n) is 10.2. The first-order valence-electron chi connectivity index (χ1n) is 6.09. The van der Waals surface area contributed by atoms with Crippen molar-refractivity contribution in [2.45, 2.75) is 19.5 Å². The number of halogens is 1. The van der Waals surface area contributed by atoms with E-state index in [-0.39, 0.29) is 17.6 Å². The van der Waals surface area contributed by atoms with Gasteiger partial charge in [-0.15, -0.1) is 0 Å². The van der Waals surface area contributed by atoms with Gasteiger partial charge in [-0.3, -0.25) is 9.69 Å². The molecule has 5 heteroatoms. The fourth-order valence-corrected chi connectivity index (χ4v) is 2.30. The summed E-state index contributed by atoms with van der Waals surface area (Å²) >= 11 is 0. The van der Waals surface area contributed by atoms with Gasteiger partial charge in [-0.25, -0.2) is 4.39 Å². The van der Waals surface area contributed by atoms with Crippen LogP contribution in [0.5, 0.6) is 0 Å². The minimum absolute atomic E-state index is 0.101. The number of hydrogen-bond donors (Lipinski definition) is 2. The first kappa shape index (κ1) is 13.0. The van der Waals surface area contributed by atoms with E-state index in [1.807, 2.05) is 6.07 Å². The van der Waals surface area contributed by atoms with Gasteiger partial charge in [0.2, 0.25) is 5.91 Å². The second-order valence-corrected chi connectivity index (χ2v) is 4.75. The Morgan fingerprint density at radius 3 is 2.83 bits per heavy atom. The second kappa shape index (κ2) is 5.46. The van der Waals surface area contributed by atoms with E-state index in [4.69, 9.17) is 11.5 Å². The summed E-state index contributed by atoms with van der Waals surface area (Å²) in [5.41, 5.74) is 12.1. The number of benzene rings is 1. The molecule has 1 aromatic rings. The predicted molar refractivity (Wildman–Crippen MR) is 66.9 cm³/mol. The van der Waals surface area contributed by atoms with Crippen LogP contribution < -0.4 is 11.5 Å². The van der Waals surface area contributed by atoms with Crippen molar-refractivity contribution in [3.8, 4) is 0 Å². The van der Waals surface area contributed by atoms with E-state index < -0.39 is 0 Å². The number of rotatable bonds is 4. The van der Waals surface area contributed by atoms with Gasteiger partial charge < -0.3 is 11.5 Å². The topological polar surface area (TPSA) is 72.3 Å². The van der Waals surface area contributed by atoms with Gasteiger partial charge in [-0.2, -0.15) is 0 Å². The first-order chi connectivity index (χ1) is 8.60. The molecule has 1 amide bonds. The van der Waals surface area contributed by atoms with E-state index in [0.717, 1.165) is 18.5 Å². The Morgan fingerprint density at radius 2 is 2.28 bits per heavy atom. The van der Waals surface area contributed by atoms with E-state index >= 15 is 0 Å². The predicted octanol–water partition coefficient (Wildman–Crippen LogP) is 0.592. The zero-order chi connectivity index (χ0) is 13.1. The molecule has 1 aromatic carbocycles. The van der Waals surface area contributed by atoms with E-state index in [9.17, 15) is 9.18 Å². The molecule has 4 N–H and O–H groups in total. The van der Waals surface area contributed by atoms with Crippen molar-refractivity contribution in [3.63, 3.8) is 0 Å². The van der Waals surface area contributed by atoms with Crippen LogP contribution in [0.3, 0.4) is 0 Å². The molecule has 1 saturated heterocycles. The van der Waals surface area contributed by atoms with Gasteiger partial charge in [-0.05, 0) is 24.6 Å². The number of amides is 1. The number of nitrogens with two attached hydrogens (primary N) is 2. The van der Waals surface area contributed by atoms with Crippen molar-refractivity contribution < 1.29 is 9.18 Å². The SMILES string of the molecule is NCc1ccc(CN2CCC(C(N)=O)C2)c(F)c1. The molecule has 2 rings (SSSR count). The molecule has 0 aliphatic carbocycles. The molecule has 1 heterocycles. The average Bonchev–Trinajstić information content (AvgIpc) is 2.80. The van der Waals surface area contributed by atoms with Crippen LogP contribution in [-0.4, -0.2) is 23.9 Å². The molecule has 98 valence electrons. The molecule has 1 atom stereocenters. The standard InChI is InChI=1S/C13H18FN3O/c14-12-5-9(6-15)1-2-10(12)7-17-4-3-11(8-17)13(16)18/h1-2,5,11H,3-4,6-8,15H2,(H2,16,18). The average molecular weight is 251 g/mol. The lowest BCUT2D eigenvalue weighted by molar-refractivity contribution is -0.121. The number of hydrogen-bond acceptors (Lipinski definition) is 3. The van der Waals surface area contributed by atoms with Gasteiger partial charge in [0.1, 0.15) is 5.82 Å². The van der Waals surface area contributed by atoms with Crippen molar-refractivity contribution in [1.82, 2.24) is 4.90 Å². The quantitative estimate of drug-likeness (QED) is 0.822. The lowest BCUT2D eigenvalue weighted by atomic mass is 10.1.